The van der Waals surface area contributed by atoms with Gasteiger partial charge in [-0.2, -0.15) is 0 Å². The Bertz CT molecular complexity index is 981. The number of esters is 2. The van der Waals surface area contributed by atoms with Gasteiger partial charge in [-0.25, -0.2) is 9.59 Å². The summed E-state index contributed by atoms with van der Waals surface area (Å²) in [5, 5.41) is 87.0. The topological polar surface area (TPSA) is 244 Å². The maximum absolute atomic E-state index is 12.6. The number of phenols is 6. The summed E-state index contributed by atoms with van der Waals surface area (Å²) < 4.78 is 15.2. The van der Waals surface area contributed by atoms with Crippen molar-refractivity contribution in [3.05, 3.63) is 35.4 Å². The second kappa shape index (κ2) is 9.48. The van der Waals surface area contributed by atoms with Crippen LogP contribution >= 0.6 is 0 Å². The SMILES string of the molecule is O=C(O[C@H]1[C@H](OC(=O)c2cc(O)c(O)c(O)c2)[C@@H](O)C(O)O[C@@H]1CO)c1cc(O)c(O)c(O)c1. The number of carbonyl (C=O) groups excluding carboxylic acids is 2. The van der Waals surface area contributed by atoms with Crippen LogP contribution in [0.3, 0.4) is 0 Å². The van der Waals surface area contributed by atoms with E-state index < -0.39 is 94.9 Å². The van der Waals surface area contributed by atoms with E-state index in [9.17, 15) is 55.5 Å². The Kier molecular flexibility index (Phi) is 6.88. The Balaban J connectivity index is 1.91. The summed E-state index contributed by atoms with van der Waals surface area (Å²) in [5.41, 5.74) is -0.983. The molecule has 9 N–H and O–H groups in total. The predicted molar refractivity (Wildman–Crippen MR) is 105 cm³/mol. The van der Waals surface area contributed by atoms with Crippen molar-refractivity contribution >= 4 is 11.9 Å². The van der Waals surface area contributed by atoms with Crippen molar-refractivity contribution in [1.82, 2.24) is 0 Å². The lowest BCUT2D eigenvalue weighted by Gasteiger charge is -2.41. The van der Waals surface area contributed by atoms with Gasteiger partial charge in [0.05, 0.1) is 17.7 Å². The molecule has 0 saturated carbocycles. The van der Waals surface area contributed by atoms with Crippen molar-refractivity contribution in [3.8, 4) is 34.5 Å². The zero-order valence-electron chi connectivity index (χ0n) is 17.0. The number of aliphatic hydroxyl groups excluding tert-OH is 3. The third-order valence-corrected chi connectivity index (χ3v) is 4.91. The average molecular weight is 484 g/mol. The highest BCUT2D eigenvalue weighted by atomic mass is 16.7. The number of aromatic hydroxyl groups is 6. The monoisotopic (exact) mass is 484 g/mol. The first-order valence-electron chi connectivity index (χ1n) is 9.48. The zero-order chi connectivity index (χ0) is 25.3. The van der Waals surface area contributed by atoms with Crippen molar-refractivity contribution in [2.75, 3.05) is 6.61 Å². The lowest BCUT2D eigenvalue weighted by molar-refractivity contribution is -0.285. The fourth-order valence-electron chi connectivity index (χ4n) is 3.16. The number of rotatable bonds is 5. The van der Waals surface area contributed by atoms with Crippen molar-refractivity contribution in [2.24, 2.45) is 0 Å². The van der Waals surface area contributed by atoms with Crippen LogP contribution in [-0.2, 0) is 14.2 Å². The molecule has 2 aromatic carbocycles. The van der Waals surface area contributed by atoms with E-state index in [4.69, 9.17) is 14.2 Å². The molecule has 0 radical (unpaired) electrons. The van der Waals surface area contributed by atoms with Crippen LogP contribution in [0.25, 0.3) is 0 Å². The van der Waals surface area contributed by atoms with Crippen LogP contribution in [0.4, 0.5) is 0 Å². The third-order valence-electron chi connectivity index (χ3n) is 4.91. The van der Waals surface area contributed by atoms with Crippen molar-refractivity contribution in [1.29, 1.82) is 0 Å². The second-order valence-electron chi connectivity index (χ2n) is 7.20. The van der Waals surface area contributed by atoms with Crippen LogP contribution in [0.15, 0.2) is 24.3 Å². The number of carbonyl (C=O) groups is 2. The molecule has 34 heavy (non-hydrogen) atoms. The molecule has 3 rings (SSSR count). The fraction of sp³-hybridized carbons (Fsp3) is 0.300. The number of hydrogen-bond acceptors (Lipinski definition) is 14. The first kappa shape index (κ1) is 24.7. The van der Waals surface area contributed by atoms with Gasteiger partial charge < -0.3 is 60.2 Å². The second-order valence-corrected chi connectivity index (χ2v) is 7.20. The Morgan fingerprint density at radius 1 is 0.735 bits per heavy atom. The molecule has 0 amide bonds. The van der Waals surface area contributed by atoms with Crippen LogP contribution in [0.5, 0.6) is 34.5 Å². The highest BCUT2D eigenvalue weighted by Gasteiger charge is 2.49. The maximum Gasteiger partial charge on any atom is 0.338 e. The molecule has 1 unspecified atom stereocenters. The van der Waals surface area contributed by atoms with Crippen molar-refractivity contribution in [3.63, 3.8) is 0 Å². The predicted octanol–water partition coefficient (Wildman–Crippen LogP) is -1.26. The Morgan fingerprint density at radius 2 is 1.12 bits per heavy atom. The summed E-state index contributed by atoms with van der Waals surface area (Å²) in [5.74, 6) is -7.87. The largest absolute Gasteiger partial charge is 0.504 e. The van der Waals surface area contributed by atoms with Crippen molar-refractivity contribution < 1.29 is 69.8 Å². The number of benzene rings is 2. The Labute approximate surface area is 189 Å². The van der Waals surface area contributed by atoms with Crippen LogP contribution in [0.2, 0.25) is 0 Å². The van der Waals surface area contributed by atoms with Gasteiger partial charge in [0.2, 0.25) is 0 Å². The number of ether oxygens (including phenoxy) is 3. The smallest absolute Gasteiger partial charge is 0.338 e. The van der Waals surface area contributed by atoms with Gasteiger partial charge in [0.1, 0.15) is 12.2 Å². The van der Waals surface area contributed by atoms with E-state index in [0.717, 1.165) is 24.3 Å². The molecule has 0 spiro atoms. The average Bonchev–Trinajstić information content (AvgIpc) is 2.79. The molecular weight excluding hydrogens is 464 g/mol. The third kappa shape index (κ3) is 4.69. The van der Waals surface area contributed by atoms with Gasteiger partial charge >= 0.3 is 11.9 Å². The van der Waals surface area contributed by atoms with E-state index in [1.165, 1.54) is 0 Å². The van der Waals surface area contributed by atoms with Crippen LogP contribution in [-0.4, -0.2) is 95.2 Å². The maximum atomic E-state index is 12.6. The summed E-state index contributed by atoms with van der Waals surface area (Å²) in [6, 6.07) is 2.94. The molecule has 0 aromatic heterocycles. The molecule has 0 bridgehead atoms. The quantitative estimate of drug-likeness (QED) is 0.178. The summed E-state index contributed by atoms with van der Waals surface area (Å²) >= 11 is 0. The number of hydrogen-bond donors (Lipinski definition) is 9. The van der Waals surface area contributed by atoms with Gasteiger partial charge in [-0.3, -0.25) is 0 Å². The molecule has 1 saturated heterocycles. The molecule has 1 fully saturated rings. The van der Waals surface area contributed by atoms with E-state index in [-0.39, 0.29) is 0 Å². The van der Waals surface area contributed by atoms with E-state index in [0.29, 0.717) is 0 Å². The normalized spacial score (nSPS) is 24.4. The highest BCUT2D eigenvalue weighted by molar-refractivity contribution is 5.92. The summed E-state index contributed by atoms with van der Waals surface area (Å²) in [6.07, 6.45) is -9.15. The van der Waals surface area contributed by atoms with Crippen molar-refractivity contribution in [2.45, 2.75) is 30.7 Å². The van der Waals surface area contributed by atoms with Gasteiger partial charge in [-0.15, -0.1) is 0 Å². The molecule has 14 nitrogen and oxygen atoms in total. The van der Waals surface area contributed by atoms with Crippen LogP contribution < -0.4 is 0 Å². The fourth-order valence-corrected chi connectivity index (χ4v) is 3.16. The number of aliphatic hydroxyl groups is 3. The van der Waals surface area contributed by atoms with Crippen LogP contribution in [0.1, 0.15) is 20.7 Å². The standard InChI is InChI=1S/C20H20O14/c21-5-12-16(33-18(29)6-1-8(22)13(26)9(23)2-6)17(15(28)20(31)32-12)34-19(30)7-3-10(24)14(27)11(25)4-7/h1-4,12,15-17,20-28,31H,5H2/t12-,15-,16-,17-,20?/m1/s1. The van der Waals surface area contributed by atoms with Gasteiger partial charge in [0.25, 0.3) is 0 Å². The minimum atomic E-state index is -2.01. The molecule has 1 heterocycles. The first-order chi connectivity index (χ1) is 15.9. The van der Waals surface area contributed by atoms with Gasteiger partial charge in [0.15, 0.2) is 53.0 Å². The van der Waals surface area contributed by atoms with E-state index in [1.807, 2.05) is 0 Å². The van der Waals surface area contributed by atoms with E-state index in [1.54, 1.807) is 0 Å². The van der Waals surface area contributed by atoms with E-state index in [2.05, 4.69) is 0 Å². The highest BCUT2D eigenvalue weighted by Crippen LogP contribution is 2.37. The molecule has 5 atom stereocenters. The van der Waals surface area contributed by atoms with Crippen LogP contribution in [0, 0.1) is 0 Å². The summed E-state index contributed by atoms with van der Waals surface area (Å²) in [7, 11) is 0. The van der Waals surface area contributed by atoms with Gasteiger partial charge in [-0.1, -0.05) is 0 Å². The zero-order valence-corrected chi connectivity index (χ0v) is 17.0. The molecule has 1 aliphatic rings. The minimum Gasteiger partial charge on any atom is -0.504 e. The lowest BCUT2D eigenvalue weighted by atomic mass is 9.98. The molecule has 184 valence electrons. The lowest BCUT2D eigenvalue weighted by Crippen LogP contribution is -2.61. The summed E-state index contributed by atoms with van der Waals surface area (Å²) in [4.78, 5) is 25.1. The molecule has 1 aliphatic heterocycles. The van der Waals surface area contributed by atoms with E-state index >= 15 is 0 Å². The Morgan fingerprint density at radius 3 is 1.50 bits per heavy atom. The number of phenolic OH excluding ortho intramolecular Hbond substituents is 6. The Hall–Kier alpha value is -3.98. The van der Waals surface area contributed by atoms with Gasteiger partial charge in [0, 0.05) is 0 Å². The molecular formula is C20H20O14. The summed E-state index contributed by atoms with van der Waals surface area (Å²) in [6.45, 7) is -0.886. The van der Waals surface area contributed by atoms with Gasteiger partial charge in [-0.05, 0) is 24.3 Å². The molecule has 2 aromatic rings. The molecule has 14 heteroatoms. The first-order valence-corrected chi connectivity index (χ1v) is 9.48. The molecule has 0 aliphatic carbocycles. The minimum absolute atomic E-state index is 0.483.